The quantitative estimate of drug-likeness (QED) is 0.761. The first-order chi connectivity index (χ1) is 11.0. The molecule has 2 aromatic rings. The third kappa shape index (κ3) is 4.32. The van der Waals surface area contributed by atoms with Crippen molar-refractivity contribution in [3.05, 3.63) is 41.6 Å². The fraction of sp³-hybridized carbons (Fsp3) is 0.312. The van der Waals surface area contributed by atoms with E-state index in [-0.39, 0.29) is 12.6 Å². The first-order valence-corrected chi connectivity index (χ1v) is 7.54. The van der Waals surface area contributed by atoms with Crippen molar-refractivity contribution in [3.63, 3.8) is 0 Å². The molecule has 0 saturated heterocycles. The summed E-state index contributed by atoms with van der Waals surface area (Å²) in [6.07, 6.45) is 3.24. The smallest absolute Gasteiger partial charge is 0.324 e. The second-order valence-corrected chi connectivity index (χ2v) is 5.10. The standard InChI is InChI=1S/C16H21N5O2/c1-3-11-6-5-7-12(4-2)15(11)19-16(23)18-14-8-9-21(20-14)10-13(17)22/h5-9H,3-4,10H2,1-2H3,(H2,17,22)(H2,18,19,20,23). The van der Waals surface area contributed by atoms with Crippen molar-refractivity contribution < 1.29 is 9.59 Å². The lowest BCUT2D eigenvalue weighted by atomic mass is 10.0. The van der Waals surface area contributed by atoms with Gasteiger partial charge in [-0.05, 0) is 24.0 Å². The van der Waals surface area contributed by atoms with Crippen molar-refractivity contribution in [2.75, 3.05) is 10.6 Å². The summed E-state index contributed by atoms with van der Waals surface area (Å²) in [5.41, 5.74) is 8.11. The van der Waals surface area contributed by atoms with Gasteiger partial charge in [0.05, 0.1) is 0 Å². The number of primary amides is 1. The van der Waals surface area contributed by atoms with Crippen LogP contribution in [0.25, 0.3) is 0 Å². The van der Waals surface area contributed by atoms with E-state index < -0.39 is 5.91 Å². The number of aryl methyl sites for hydroxylation is 2. The van der Waals surface area contributed by atoms with Gasteiger partial charge in [-0.2, -0.15) is 5.10 Å². The van der Waals surface area contributed by atoms with Crippen LogP contribution in [-0.4, -0.2) is 21.7 Å². The topological polar surface area (TPSA) is 102 Å². The molecule has 0 spiro atoms. The second kappa shape index (κ2) is 7.44. The minimum atomic E-state index is -0.492. The van der Waals surface area contributed by atoms with Gasteiger partial charge in [0.1, 0.15) is 6.54 Å². The van der Waals surface area contributed by atoms with Gasteiger partial charge < -0.3 is 11.1 Å². The van der Waals surface area contributed by atoms with Gasteiger partial charge in [-0.1, -0.05) is 32.0 Å². The van der Waals surface area contributed by atoms with Crippen molar-refractivity contribution in [2.45, 2.75) is 33.2 Å². The molecule has 2 rings (SSSR count). The summed E-state index contributed by atoms with van der Waals surface area (Å²) in [5.74, 6) is -0.135. The minimum Gasteiger partial charge on any atom is -0.368 e. The molecule has 0 aliphatic heterocycles. The maximum atomic E-state index is 12.2. The Balaban J connectivity index is 2.08. The highest BCUT2D eigenvalue weighted by Crippen LogP contribution is 2.22. The Morgan fingerprint density at radius 1 is 1.13 bits per heavy atom. The van der Waals surface area contributed by atoms with Gasteiger partial charge in [0, 0.05) is 18.0 Å². The van der Waals surface area contributed by atoms with Crippen LogP contribution < -0.4 is 16.4 Å². The van der Waals surface area contributed by atoms with Crippen molar-refractivity contribution in [2.24, 2.45) is 5.73 Å². The number of hydrogen-bond donors (Lipinski definition) is 3. The molecule has 7 nitrogen and oxygen atoms in total. The Hall–Kier alpha value is -2.83. The van der Waals surface area contributed by atoms with Gasteiger partial charge in [-0.3, -0.25) is 14.8 Å². The molecule has 0 saturated carbocycles. The van der Waals surface area contributed by atoms with Crippen LogP contribution in [0.4, 0.5) is 16.3 Å². The summed E-state index contributed by atoms with van der Waals surface area (Å²) in [5, 5.41) is 9.60. The maximum absolute atomic E-state index is 12.2. The predicted octanol–water partition coefficient (Wildman–Crippen LogP) is 2.14. The van der Waals surface area contributed by atoms with Crippen LogP contribution in [0.1, 0.15) is 25.0 Å². The van der Waals surface area contributed by atoms with Gasteiger partial charge in [0.15, 0.2) is 5.82 Å². The number of carbonyl (C=O) groups excluding carboxylic acids is 2. The number of nitrogens with one attached hydrogen (secondary N) is 2. The zero-order chi connectivity index (χ0) is 16.8. The molecule has 122 valence electrons. The Morgan fingerprint density at radius 3 is 2.35 bits per heavy atom. The molecule has 0 radical (unpaired) electrons. The Labute approximate surface area is 134 Å². The monoisotopic (exact) mass is 315 g/mol. The Kier molecular flexibility index (Phi) is 5.35. The SMILES string of the molecule is CCc1cccc(CC)c1NC(=O)Nc1ccn(CC(N)=O)n1. The summed E-state index contributed by atoms with van der Waals surface area (Å²) in [6, 6.07) is 7.22. The van der Waals surface area contributed by atoms with Crippen LogP contribution in [0.2, 0.25) is 0 Å². The summed E-state index contributed by atoms with van der Waals surface area (Å²) in [4.78, 5) is 23.0. The average Bonchev–Trinajstić information content (AvgIpc) is 2.93. The third-order valence-corrected chi connectivity index (χ3v) is 3.44. The maximum Gasteiger partial charge on any atom is 0.324 e. The van der Waals surface area contributed by atoms with Crippen LogP contribution in [0.3, 0.4) is 0 Å². The molecule has 1 aromatic carbocycles. The zero-order valence-electron chi connectivity index (χ0n) is 13.3. The van der Waals surface area contributed by atoms with Crippen molar-refractivity contribution >= 4 is 23.4 Å². The molecular weight excluding hydrogens is 294 g/mol. The van der Waals surface area contributed by atoms with E-state index in [1.165, 1.54) is 4.68 Å². The first-order valence-electron chi connectivity index (χ1n) is 7.54. The summed E-state index contributed by atoms with van der Waals surface area (Å²) in [6.45, 7) is 4.06. The summed E-state index contributed by atoms with van der Waals surface area (Å²) in [7, 11) is 0. The van der Waals surface area contributed by atoms with Gasteiger partial charge in [0.2, 0.25) is 5.91 Å². The van der Waals surface area contributed by atoms with E-state index in [4.69, 9.17) is 5.73 Å². The van der Waals surface area contributed by atoms with Crippen LogP contribution in [-0.2, 0) is 24.2 Å². The number of urea groups is 1. The van der Waals surface area contributed by atoms with Crippen molar-refractivity contribution in [1.82, 2.24) is 9.78 Å². The van der Waals surface area contributed by atoms with E-state index >= 15 is 0 Å². The molecular formula is C16H21N5O2. The van der Waals surface area contributed by atoms with Crippen LogP contribution >= 0.6 is 0 Å². The molecule has 0 atom stereocenters. The molecule has 1 heterocycles. The van der Waals surface area contributed by atoms with Crippen molar-refractivity contribution in [1.29, 1.82) is 0 Å². The molecule has 1 aromatic heterocycles. The fourth-order valence-electron chi connectivity index (χ4n) is 2.34. The molecule has 7 heteroatoms. The highest BCUT2D eigenvalue weighted by molar-refractivity contribution is 6.00. The molecule has 4 N–H and O–H groups in total. The van der Waals surface area contributed by atoms with Gasteiger partial charge >= 0.3 is 6.03 Å². The minimum absolute atomic E-state index is 0.0258. The van der Waals surface area contributed by atoms with E-state index in [0.29, 0.717) is 5.82 Å². The lowest BCUT2D eigenvalue weighted by molar-refractivity contribution is -0.118. The number of benzene rings is 1. The fourth-order valence-corrected chi connectivity index (χ4v) is 2.34. The zero-order valence-corrected chi connectivity index (χ0v) is 13.3. The number of rotatable bonds is 6. The molecule has 0 aliphatic carbocycles. The Bertz CT molecular complexity index is 686. The number of anilines is 2. The molecule has 3 amide bonds. The number of nitrogens with zero attached hydrogens (tertiary/aromatic N) is 2. The van der Waals surface area contributed by atoms with E-state index in [1.54, 1.807) is 12.3 Å². The highest BCUT2D eigenvalue weighted by Gasteiger charge is 2.11. The molecule has 0 bridgehead atoms. The average molecular weight is 315 g/mol. The van der Waals surface area contributed by atoms with Crippen LogP contribution in [0, 0.1) is 0 Å². The first kappa shape index (κ1) is 16.5. The molecule has 0 unspecified atom stereocenters. The Morgan fingerprint density at radius 2 is 1.78 bits per heavy atom. The highest BCUT2D eigenvalue weighted by atomic mass is 16.2. The van der Waals surface area contributed by atoms with Crippen molar-refractivity contribution in [3.8, 4) is 0 Å². The second-order valence-electron chi connectivity index (χ2n) is 5.10. The third-order valence-electron chi connectivity index (χ3n) is 3.44. The van der Waals surface area contributed by atoms with E-state index in [2.05, 4.69) is 15.7 Å². The number of amides is 3. The lowest BCUT2D eigenvalue weighted by Crippen LogP contribution is -2.22. The number of hydrogen-bond acceptors (Lipinski definition) is 3. The predicted molar refractivity (Wildman–Crippen MR) is 89.3 cm³/mol. The van der Waals surface area contributed by atoms with E-state index in [9.17, 15) is 9.59 Å². The number of carbonyl (C=O) groups is 2. The molecule has 0 aliphatic rings. The summed E-state index contributed by atoms with van der Waals surface area (Å²) >= 11 is 0. The molecule has 0 fully saturated rings. The van der Waals surface area contributed by atoms with Crippen LogP contribution in [0.15, 0.2) is 30.5 Å². The normalized spacial score (nSPS) is 10.3. The lowest BCUT2D eigenvalue weighted by Gasteiger charge is -2.14. The largest absolute Gasteiger partial charge is 0.368 e. The number of para-hydroxylation sites is 1. The molecule has 23 heavy (non-hydrogen) atoms. The van der Waals surface area contributed by atoms with Gasteiger partial charge in [-0.15, -0.1) is 0 Å². The number of aromatic nitrogens is 2. The van der Waals surface area contributed by atoms with Crippen LogP contribution in [0.5, 0.6) is 0 Å². The van der Waals surface area contributed by atoms with E-state index in [0.717, 1.165) is 29.7 Å². The van der Waals surface area contributed by atoms with E-state index in [1.807, 2.05) is 32.0 Å². The van der Waals surface area contributed by atoms with Gasteiger partial charge in [-0.25, -0.2) is 4.79 Å². The number of nitrogens with two attached hydrogens (primary N) is 1. The summed E-state index contributed by atoms with van der Waals surface area (Å²) < 4.78 is 1.37. The van der Waals surface area contributed by atoms with Gasteiger partial charge in [0.25, 0.3) is 0 Å².